The molecule has 2 heteroatoms. The van der Waals surface area contributed by atoms with E-state index in [1.165, 1.54) is 11.3 Å². The van der Waals surface area contributed by atoms with E-state index in [1.807, 2.05) is 30.0 Å². The maximum Gasteiger partial charge on any atom is 0.134 e. The average molecular weight is 206 g/mol. The van der Waals surface area contributed by atoms with Crippen LogP contribution in [-0.2, 0) is 4.79 Å². The van der Waals surface area contributed by atoms with Crippen LogP contribution in [0.3, 0.4) is 0 Å². The van der Waals surface area contributed by atoms with Crippen LogP contribution in [0.1, 0.15) is 25.7 Å². The summed E-state index contributed by atoms with van der Waals surface area (Å²) in [6.07, 6.45) is 3.82. The van der Waals surface area contributed by atoms with Gasteiger partial charge in [0.1, 0.15) is 5.78 Å². The second kappa shape index (κ2) is 4.65. The fraction of sp³-hybridized carbons (Fsp3) is 0.417. The molecule has 0 heterocycles. The summed E-state index contributed by atoms with van der Waals surface area (Å²) in [5.74, 6) is 0.435. The molecule has 1 fully saturated rings. The van der Waals surface area contributed by atoms with Crippen molar-refractivity contribution in [3.63, 3.8) is 0 Å². The quantitative estimate of drug-likeness (QED) is 0.738. The first-order valence-electron chi connectivity index (χ1n) is 5.08. The van der Waals surface area contributed by atoms with Gasteiger partial charge in [-0.15, -0.1) is 11.8 Å². The zero-order chi connectivity index (χ0) is 9.80. The Morgan fingerprint density at radius 1 is 1.21 bits per heavy atom. The molecule has 0 N–H and O–H groups in total. The Bertz CT molecular complexity index is 307. The van der Waals surface area contributed by atoms with Gasteiger partial charge in [0.2, 0.25) is 0 Å². The molecule has 1 aromatic rings. The molecule has 0 aliphatic heterocycles. The maximum atomic E-state index is 11.3. The summed E-state index contributed by atoms with van der Waals surface area (Å²) >= 11 is 1.85. The van der Waals surface area contributed by atoms with Crippen LogP contribution in [0.2, 0.25) is 0 Å². The van der Waals surface area contributed by atoms with Crippen LogP contribution in [0.25, 0.3) is 0 Å². The van der Waals surface area contributed by atoms with Crippen molar-refractivity contribution in [2.45, 2.75) is 35.8 Å². The Morgan fingerprint density at radius 2 is 2.00 bits per heavy atom. The Morgan fingerprint density at radius 3 is 2.71 bits per heavy atom. The zero-order valence-corrected chi connectivity index (χ0v) is 8.93. The van der Waals surface area contributed by atoms with E-state index in [4.69, 9.17) is 0 Å². The lowest BCUT2D eigenvalue weighted by atomic mass is 9.99. The first-order valence-corrected chi connectivity index (χ1v) is 5.96. The van der Waals surface area contributed by atoms with Crippen LogP contribution in [0, 0.1) is 0 Å². The van der Waals surface area contributed by atoms with Crippen molar-refractivity contribution in [1.29, 1.82) is 0 Å². The van der Waals surface area contributed by atoms with E-state index in [2.05, 4.69) is 12.1 Å². The van der Waals surface area contributed by atoms with Gasteiger partial charge >= 0.3 is 0 Å². The van der Waals surface area contributed by atoms with E-state index in [0.717, 1.165) is 19.3 Å². The molecule has 1 aromatic carbocycles. The highest BCUT2D eigenvalue weighted by Gasteiger charge is 2.19. The largest absolute Gasteiger partial charge is 0.300 e. The van der Waals surface area contributed by atoms with Gasteiger partial charge in [-0.1, -0.05) is 18.2 Å². The van der Waals surface area contributed by atoms with Gasteiger partial charge in [-0.3, -0.25) is 4.79 Å². The number of benzene rings is 1. The highest BCUT2D eigenvalue weighted by molar-refractivity contribution is 8.00. The van der Waals surface area contributed by atoms with Gasteiger partial charge in [0.25, 0.3) is 0 Å². The molecule has 0 spiro atoms. The van der Waals surface area contributed by atoms with Crippen LogP contribution in [0.15, 0.2) is 35.2 Å². The van der Waals surface area contributed by atoms with Crippen molar-refractivity contribution in [1.82, 2.24) is 0 Å². The molecule has 0 amide bonds. The van der Waals surface area contributed by atoms with Crippen molar-refractivity contribution in [3.05, 3.63) is 30.3 Å². The third-order valence-corrected chi connectivity index (χ3v) is 3.76. The highest BCUT2D eigenvalue weighted by atomic mass is 32.2. The molecule has 0 saturated heterocycles. The van der Waals surface area contributed by atoms with Crippen molar-refractivity contribution < 1.29 is 4.79 Å². The number of thioether (sulfide) groups is 1. The summed E-state index contributed by atoms with van der Waals surface area (Å²) in [4.78, 5) is 12.5. The van der Waals surface area contributed by atoms with Gasteiger partial charge in [-0.2, -0.15) is 0 Å². The Balaban J connectivity index is 1.94. The predicted octanol–water partition coefficient (Wildman–Crippen LogP) is 3.29. The van der Waals surface area contributed by atoms with Gasteiger partial charge < -0.3 is 0 Å². The van der Waals surface area contributed by atoms with E-state index in [9.17, 15) is 4.79 Å². The monoisotopic (exact) mass is 206 g/mol. The van der Waals surface area contributed by atoms with E-state index in [0.29, 0.717) is 11.0 Å². The standard InChI is InChI=1S/C12H14OS/c13-10-5-4-8-12(9-10)14-11-6-2-1-3-7-11/h1-3,6-7,12H,4-5,8-9H2/t12-/m0/s1. The van der Waals surface area contributed by atoms with E-state index in [1.54, 1.807) is 0 Å². The minimum atomic E-state index is 0.435. The van der Waals surface area contributed by atoms with Gasteiger partial charge in [-0.05, 0) is 25.0 Å². The Labute approximate surface area is 88.9 Å². The topological polar surface area (TPSA) is 17.1 Å². The van der Waals surface area contributed by atoms with Crippen molar-refractivity contribution in [3.8, 4) is 0 Å². The zero-order valence-electron chi connectivity index (χ0n) is 8.11. The molecular formula is C12H14OS. The summed E-state index contributed by atoms with van der Waals surface area (Å²) in [5.41, 5.74) is 0. The van der Waals surface area contributed by atoms with Crippen molar-refractivity contribution >= 4 is 17.5 Å². The molecular weight excluding hydrogens is 192 g/mol. The Kier molecular flexibility index (Phi) is 3.25. The van der Waals surface area contributed by atoms with E-state index >= 15 is 0 Å². The lowest BCUT2D eigenvalue weighted by Gasteiger charge is -2.19. The maximum absolute atomic E-state index is 11.3. The number of Topliss-reactive ketones (excluding diaryl/α,β-unsaturated/α-hetero) is 1. The third-order valence-electron chi connectivity index (χ3n) is 2.48. The van der Waals surface area contributed by atoms with E-state index < -0.39 is 0 Å². The van der Waals surface area contributed by atoms with Crippen molar-refractivity contribution in [2.24, 2.45) is 0 Å². The molecule has 14 heavy (non-hydrogen) atoms. The van der Waals surface area contributed by atoms with Gasteiger partial charge in [0, 0.05) is 23.0 Å². The van der Waals surface area contributed by atoms with Crippen LogP contribution in [0.5, 0.6) is 0 Å². The predicted molar refractivity (Wildman–Crippen MR) is 59.6 cm³/mol. The molecule has 1 saturated carbocycles. The Hall–Kier alpha value is -0.760. The number of hydrogen-bond donors (Lipinski definition) is 0. The first kappa shape index (κ1) is 9.78. The number of hydrogen-bond acceptors (Lipinski definition) is 2. The number of carbonyl (C=O) groups is 1. The smallest absolute Gasteiger partial charge is 0.134 e. The second-order valence-corrected chi connectivity index (χ2v) is 5.06. The van der Waals surface area contributed by atoms with Crippen LogP contribution >= 0.6 is 11.8 Å². The SMILES string of the molecule is O=C1CCC[C@H](Sc2ccccc2)C1. The normalized spacial score (nSPS) is 22.3. The molecule has 74 valence electrons. The van der Waals surface area contributed by atoms with Gasteiger partial charge in [0.15, 0.2) is 0 Å². The molecule has 1 aliphatic rings. The first-order chi connectivity index (χ1) is 6.84. The molecule has 1 nitrogen and oxygen atoms in total. The summed E-state index contributed by atoms with van der Waals surface area (Å²) in [6, 6.07) is 10.4. The summed E-state index contributed by atoms with van der Waals surface area (Å²) in [5, 5.41) is 0.513. The van der Waals surface area contributed by atoms with Gasteiger partial charge in [0.05, 0.1) is 0 Å². The summed E-state index contributed by atoms with van der Waals surface area (Å²) in [6.45, 7) is 0. The average Bonchev–Trinajstić information content (AvgIpc) is 2.19. The molecule has 0 radical (unpaired) electrons. The molecule has 0 aromatic heterocycles. The van der Waals surface area contributed by atoms with Gasteiger partial charge in [-0.25, -0.2) is 0 Å². The van der Waals surface area contributed by atoms with Crippen LogP contribution < -0.4 is 0 Å². The molecule has 1 atom stereocenters. The molecule has 0 unspecified atom stereocenters. The minimum Gasteiger partial charge on any atom is -0.300 e. The minimum absolute atomic E-state index is 0.435. The lowest BCUT2D eigenvalue weighted by Crippen LogP contribution is -2.16. The third kappa shape index (κ3) is 2.61. The fourth-order valence-corrected chi connectivity index (χ4v) is 3.03. The summed E-state index contributed by atoms with van der Waals surface area (Å²) in [7, 11) is 0. The number of ketones is 1. The van der Waals surface area contributed by atoms with E-state index in [-0.39, 0.29) is 0 Å². The van der Waals surface area contributed by atoms with Crippen LogP contribution in [-0.4, -0.2) is 11.0 Å². The lowest BCUT2D eigenvalue weighted by molar-refractivity contribution is -0.120. The highest BCUT2D eigenvalue weighted by Crippen LogP contribution is 2.31. The van der Waals surface area contributed by atoms with Crippen LogP contribution in [0.4, 0.5) is 0 Å². The molecule has 0 bridgehead atoms. The fourth-order valence-electron chi connectivity index (χ4n) is 1.78. The molecule has 1 aliphatic carbocycles. The van der Waals surface area contributed by atoms with Crippen molar-refractivity contribution in [2.75, 3.05) is 0 Å². The summed E-state index contributed by atoms with van der Waals surface area (Å²) < 4.78 is 0. The number of carbonyl (C=O) groups excluding carboxylic acids is 1. The molecule has 2 rings (SSSR count). The second-order valence-electron chi connectivity index (χ2n) is 3.69. The number of rotatable bonds is 2.